The van der Waals surface area contributed by atoms with Crippen LogP contribution in [0.2, 0.25) is 0 Å². The molecule has 2 aliphatic rings. The molecule has 1 aromatic carbocycles. The lowest BCUT2D eigenvalue weighted by Gasteiger charge is -2.41. The molecule has 2 atom stereocenters. The number of nitrogens with zero attached hydrogens (tertiary/aromatic N) is 5. The number of fused-ring (bicyclic) bond motifs is 3. The number of anilines is 2. The molecule has 2 aromatic heterocycles. The number of benzene rings is 1. The number of aldehydes is 1. The number of hydrogen-bond donors (Lipinski definition) is 2. The Morgan fingerprint density at radius 3 is 3.03 bits per heavy atom. The standard InChI is InChI=1S/C23H19FN6O3/c1-23-7-15(33-20-5-13(8-25)14(11-31)9-26-20)10-30(23)19-6-18(28-29-22(19)27-12-23)16-3-2-4-17(24)21(16)32/h2-6,9,11,15,32H,7,10,12H2,1H3,(H,27,29)/t15-,23+/m1/s1. The van der Waals surface area contributed by atoms with Crippen molar-refractivity contribution in [2.75, 3.05) is 23.3 Å². The van der Waals surface area contributed by atoms with E-state index in [1.807, 2.05) is 6.07 Å². The molecular formula is C23H19FN6O3. The van der Waals surface area contributed by atoms with Gasteiger partial charge >= 0.3 is 0 Å². The molecule has 1 fully saturated rings. The predicted octanol–water partition coefficient (Wildman–Crippen LogP) is 2.91. The minimum Gasteiger partial charge on any atom is -0.504 e. The topological polar surface area (TPSA) is 124 Å². The first-order valence-corrected chi connectivity index (χ1v) is 10.3. The zero-order valence-corrected chi connectivity index (χ0v) is 17.6. The van der Waals surface area contributed by atoms with Gasteiger partial charge in [-0.3, -0.25) is 4.79 Å². The molecule has 9 nitrogen and oxygen atoms in total. The van der Waals surface area contributed by atoms with Gasteiger partial charge in [0.2, 0.25) is 5.88 Å². The first kappa shape index (κ1) is 20.6. The summed E-state index contributed by atoms with van der Waals surface area (Å²) in [5.74, 6) is -0.335. The molecule has 0 unspecified atom stereocenters. The maximum atomic E-state index is 13.9. The van der Waals surface area contributed by atoms with Gasteiger partial charge < -0.3 is 20.1 Å². The summed E-state index contributed by atoms with van der Waals surface area (Å²) in [6, 6.07) is 9.49. The van der Waals surface area contributed by atoms with E-state index in [0.29, 0.717) is 37.3 Å². The molecule has 2 N–H and O–H groups in total. The summed E-state index contributed by atoms with van der Waals surface area (Å²) in [6.07, 6.45) is 2.35. The highest BCUT2D eigenvalue weighted by molar-refractivity contribution is 5.79. The molecule has 0 amide bonds. The lowest BCUT2D eigenvalue weighted by Crippen LogP contribution is -2.50. The SMILES string of the molecule is C[C@]12CNc3nnc(-c4cccc(F)c4O)cc3N1C[C@H](Oc1cc(C#N)c(C=O)cn1)C2. The van der Waals surface area contributed by atoms with Gasteiger partial charge in [0.05, 0.1) is 34.6 Å². The fourth-order valence-corrected chi connectivity index (χ4v) is 4.44. The second-order valence-electron chi connectivity index (χ2n) is 8.34. The number of pyridine rings is 1. The number of carbonyl (C=O) groups is 1. The van der Waals surface area contributed by atoms with Crippen molar-refractivity contribution in [3.8, 4) is 29.0 Å². The van der Waals surface area contributed by atoms with Gasteiger partial charge in [-0.1, -0.05) is 6.07 Å². The van der Waals surface area contributed by atoms with E-state index in [1.165, 1.54) is 24.4 Å². The Bertz CT molecular complexity index is 1310. The molecule has 5 rings (SSSR count). The molecule has 0 bridgehead atoms. The van der Waals surface area contributed by atoms with Crippen molar-refractivity contribution in [3.05, 3.63) is 53.5 Å². The molecule has 4 heterocycles. The highest BCUT2D eigenvalue weighted by Crippen LogP contribution is 2.43. The number of aromatic hydroxyl groups is 1. The smallest absolute Gasteiger partial charge is 0.214 e. The maximum Gasteiger partial charge on any atom is 0.214 e. The van der Waals surface area contributed by atoms with Gasteiger partial charge in [-0.25, -0.2) is 9.37 Å². The van der Waals surface area contributed by atoms with Crippen molar-refractivity contribution in [1.82, 2.24) is 15.2 Å². The van der Waals surface area contributed by atoms with Crippen LogP contribution in [0.5, 0.6) is 11.6 Å². The van der Waals surface area contributed by atoms with E-state index in [9.17, 15) is 19.6 Å². The number of para-hydroxylation sites is 1. The summed E-state index contributed by atoms with van der Waals surface area (Å²) in [6.45, 7) is 3.22. The number of nitrogens with one attached hydrogen (secondary N) is 1. The Hall–Kier alpha value is -4.26. The first-order chi connectivity index (χ1) is 15.9. The van der Waals surface area contributed by atoms with Gasteiger partial charge in [-0.05, 0) is 25.1 Å². The Labute approximate surface area is 188 Å². The van der Waals surface area contributed by atoms with Crippen LogP contribution in [0.1, 0.15) is 29.3 Å². The molecule has 0 radical (unpaired) electrons. The normalized spacial score (nSPS) is 20.9. The number of aromatic nitrogens is 3. The predicted molar refractivity (Wildman–Crippen MR) is 117 cm³/mol. The average Bonchev–Trinajstić information content (AvgIpc) is 3.16. The van der Waals surface area contributed by atoms with Crippen LogP contribution in [0.3, 0.4) is 0 Å². The Morgan fingerprint density at radius 1 is 1.39 bits per heavy atom. The van der Waals surface area contributed by atoms with E-state index in [1.54, 1.807) is 12.1 Å². The summed E-state index contributed by atoms with van der Waals surface area (Å²) in [5, 5.41) is 31.1. The molecule has 1 saturated heterocycles. The molecule has 3 aromatic rings. The number of hydrogen-bond acceptors (Lipinski definition) is 9. The third-order valence-corrected chi connectivity index (χ3v) is 6.11. The van der Waals surface area contributed by atoms with E-state index in [4.69, 9.17) is 4.74 Å². The Kier molecular flexibility index (Phi) is 4.82. The van der Waals surface area contributed by atoms with Crippen LogP contribution in [0.4, 0.5) is 15.9 Å². The van der Waals surface area contributed by atoms with Crippen LogP contribution in [0.15, 0.2) is 36.5 Å². The van der Waals surface area contributed by atoms with Crippen LogP contribution in [-0.2, 0) is 0 Å². The molecule has 2 aliphatic heterocycles. The number of phenols is 1. The summed E-state index contributed by atoms with van der Waals surface area (Å²) in [5.41, 5.74) is 1.50. The van der Waals surface area contributed by atoms with Crippen molar-refractivity contribution >= 4 is 17.8 Å². The lowest BCUT2D eigenvalue weighted by molar-refractivity contribution is 0.112. The summed E-state index contributed by atoms with van der Waals surface area (Å²) < 4.78 is 19.9. The highest BCUT2D eigenvalue weighted by atomic mass is 19.1. The number of ether oxygens (including phenoxy) is 1. The second-order valence-corrected chi connectivity index (χ2v) is 8.34. The number of halogens is 1. The number of rotatable bonds is 4. The third-order valence-electron chi connectivity index (χ3n) is 6.11. The molecule has 33 heavy (non-hydrogen) atoms. The van der Waals surface area contributed by atoms with E-state index >= 15 is 0 Å². The molecule has 166 valence electrons. The Balaban J connectivity index is 1.45. The Morgan fingerprint density at radius 2 is 2.24 bits per heavy atom. The van der Waals surface area contributed by atoms with Crippen LogP contribution < -0.4 is 15.0 Å². The van der Waals surface area contributed by atoms with Crippen molar-refractivity contribution < 1.29 is 19.0 Å². The largest absolute Gasteiger partial charge is 0.504 e. The van der Waals surface area contributed by atoms with Gasteiger partial charge in [-0.2, -0.15) is 5.26 Å². The lowest BCUT2D eigenvalue weighted by atomic mass is 9.95. The van der Waals surface area contributed by atoms with Crippen LogP contribution in [0, 0.1) is 17.1 Å². The minimum absolute atomic E-state index is 0.207. The quantitative estimate of drug-likeness (QED) is 0.582. The summed E-state index contributed by atoms with van der Waals surface area (Å²) in [4.78, 5) is 17.4. The van der Waals surface area contributed by atoms with Crippen LogP contribution in [-0.4, -0.2) is 51.3 Å². The zero-order valence-electron chi connectivity index (χ0n) is 17.6. The van der Waals surface area contributed by atoms with Crippen molar-refractivity contribution in [1.29, 1.82) is 5.26 Å². The third kappa shape index (κ3) is 3.47. The summed E-state index contributed by atoms with van der Waals surface area (Å²) >= 11 is 0. The number of nitriles is 1. The molecule has 0 spiro atoms. The van der Waals surface area contributed by atoms with Gasteiger partial charge in [0, 0.05) is 30.8 Å². The van der Waals surface area contributed by atoms with Crippen molar-refractivity contribution in [2.24, 2.45) is 0 Å². The minimum atomic E-state index is -0.727. The maximum absolute atomic E-state index is 13.9. The molecule has 10 heteroatoms. The van der Waals surface area contributed by atoms with Gasteiger partial charge in [0.1, 0.15) is 12.2 Å². The van der Waals surface area contributed by atoms with E-state index in [0.717, 1.165) is 5.69 Å². The number of carbonyl (C=O) groups excluding carboxylic acids is 1. The molecule has 0 saturated carbocycles. The molecule has 0 aliphatic carbocycles. The van der Waals surface area contributed by atoms with Gasteiger partial charge in [-0.15, -0.1) is 10.2 Å². The van der Waals surface area contributed by atoms with E-state index in [2.05, 4.69) is 32.3 Å². The fourth-order valence-electron chi connectivity index (χ4n) is 4.44. The fraction of sp³-hybridized carbons (Fsp3) is 0.261. The molecular weight excluding hydrogens is 427 g/mol. The van der Waals surface area contributed by atoms with Gasteiger partial charge in [0.15, 0.2) is 23.7 Å². The second kappa shape index (κ2) is 7.70. The monoisotopic (exact) mass is 446 g/mol. The summed E-state index contributed by atoms with van der Waals surface area (Å²) in [7, 11) is 0. The van der Waals surface area contributed by atoms with Crippen molar-refractivity contribution in [3.63, 3.8) is 0 Å². The highest BCUT2D eigenvalue weighted by Gasteiger charge is 2.47. The van der Waals surface area contributed by atoms with E-state index < -0.39 is 11.6 Å². The van der Waals surface area contributed by atoms with Crippen molar-refractivity contribution in [2.45, 2.75) is 25.0 Å². The first-order valence-electron chi connectivity index (χ1n) is 10.3. The van der Waals surface area contributed by atoms with E-state index in [-0.39, 0.29) is 34.2 Å². The average molecular weight is 446 g/mol. The zero-order chi connectivity index (χ0) is 23.2. The van der Waals surface area contributed by atoms with Crippen LogP contribution >= 0.6 is 0 Å². The van der Waals surface area contributed by atoms with Crippen LogP contribution in [0.25, 0.3) is 11.3 Å². The van der Waals surface area contributed by atoms with Gasteiger partial charge in [0.25, 0.3) is 0 Å². The number of phenolic OH excluding ortho intramolecular Hbond substituents is 1.